The Balaban J connectivity index is 2.23. The van der Waals surface area contributed by atoms with E-state index >= 15 is 0 Å². The molecule has 2 aromatic carbocycles. The van der Waals surface area contributed by atoms with E-state index in [0.717, 1.165) is 46.7 Å². The molecule has 3 rings (SSSR count). The van der Waals surface area contributed by atoms with Gasteiger partial charge in [0.05, 0.1) is 19.2 Å². The molecule has 1 amide bonds. The number of methoxy groups -OCH3 is 1. The highest BCUT2D eigenvalue weighted by Gasteiger charge is 2.24. The van der Waals surface area contributed by atoms with Gasteiger partial charge in [-0.1, -0.05) is 61.9 Å². The number of ether oxygens (including phenoxy) is 1. The minimum absolute atomic E-state index is 0.387. The molecule has 0 saturated heterocycles. The van der Waals surface area contributed by atoms with Crippen molar-refractivity contribution in [1.82, 2.24) is 4.57 Å². The number of hydrogen-bond donors (Lipinski definition) is 1. The van der Waals surface area contributed by atoms with Crippen molar-refractivity contribution < 1.29 is 9.53 Å². The quantitative estimate of drug-likeness (QED) is 0.669. The van der Waals surface area contributed by atoms with E-state index in [0.29, 0.717) is 12.1 Å². The van der Waals surface area contributed by atoms with Crippen LogP contribution in [0.1, 0.15) is 40.7 Å². The molecule has 0 unspecified atom stereocenters. The predicted octanol–water partition coefficient (Wildman–Crippen LogP) is 4.57. The molecular weight excluding hydrogens is 336 g/mol. The summed E-state index contributed by atoms with van der Waals surface area (Å²) in [6, 6.07) is 18.0. The topological polar surface area (TPSA) is 57.2 Å². The van der Waals surface area contributed by atoms with Crippen LogP contribution in [0.2, 0.25) is 0 Å². The summed E-state index contributed by atoms with van der Waals surface area (Å²) in [6.45, 7) is 4.76. The maximum atomic E-state index is 12.3. The van der Waals surface area contributed by atoms with Crippen molar-refractivity contribution in [3.63, 3.8) is 0 Å². The largest absolute Gasteiger partial charge is 0.496 e. The molecule has 0 aliphatic heterocycles. The fraction of sp³-hybridized carbons (Fsp3) is 0.261. The summed E-state index contributed by atoms with van der Waals surface area (Å²) in [6.07, 6.45) is 1.85. The summed E-state index contributed by atoms with van der Waals surface area (Å²) >= 11 is 0. The third kappa shape index (κ3) is 3.61. The average Bonchev–Trinajstić information content (AvgIpc) is 2.95. The maximum Gasteiger partial charge on any atom is 0.251 e. The molecule has 1 aromatic heterocycles. The second-order valence-corrected chi connectivity index (χ2v) is 6.66. The first kappa shape index (κ1) is 18.8. The van der Waals surface area contributed by atoms with E-state index in [2.05, 4.69) is 17.6 Å². The Labute approximate surface area is 160 Å². The molecule has 0 saturated carbocycles. The maximum absolute atomic E-state index is 12.3. The molecule has 4 heteroatoms. The number of benzene rings is 2. The normalized spacial score (nSPS) is 10.8. The standard InChI is InChI=1S/C23H26N2O2/c1-4-10-19-22(17-11-6-5-7-12-17)21(23(24)26)16(2)25(19)15-18-13-8-9-14-20(18)27-3/h5-9,11-14H,4,10,15H2,1-3H3,(H2,24,26). The van der Waals surface area contributed by atoms with Crippen LogP contribution in [0.25, 0.3) is 11.1 Å². The van der Waals surface area contributed by atoms with Gasteiger partial charge < -0.3 is 15.0 Å². The number of hydrogen-bond acceptors (Lipinski definition) is 2. The lowest BCUT2D eigenvalue weighted by Crippen LogP contribution is -2.13. The molecule has 0 radical (unpaired) electrons. The van der Waals surface area contributed by atoms with Crippen LogP contribution in [0.3, 0.4) is 0 Å². The van der Waals surface area contributed by atoms with Crippen LogP contribution in [0.5, 0.6) is 5.75 Å². The molecule has 2 N–H and O–H groups in total. The highest BCUT2D eigenvalue weighted by Crippen LogP contribution is 2.34. The molecule has 3 aromatic rings. The van der Waals surface area contributed by atoms with Crippen molar-refractivity contribution in [2.75, 3.05) is 7.11 Å². The predicted molar refractivity (Wildman–Crippen MR) is 109 cm³/mol. The number of nitrogens with zero attached hydrogens (tertiary/aromatic N) is 1. The molecule has 0 atom stereocenters. The molecule has 0 fully saturated rings. The van der Waals surface area contributed by atoms with Crippen molar-refractivity contribution in [3.05, 3.63) is 77.1 Å². The molecular formula is C23H26N2O2. The summed E-state index contributed by atoms with van der Waals surface area (Å²) in [4.78, 5) is 12.3. The Morgan fingerprint density at radius 3 is 2.37 bits per heavy atom. The monoisotopic (exact) mass is 362 g/mol. The summed E-state index contributed by atoms with van der Waals surface area (Å²) in [5.41, 5.74) is 11.5. The number of rotatable bonds is 7. The van der Waals surface area contributed by atoms with Crippen LogP contribution in [-0.2, 0) is 13.0 Å². The molecule has 1 heterocycles. The Bertz CT molecular complexity index is 943. The Morgan fingerprint density at radius 2 is 1.74 bits per heavy atom. The van der Waals surface area contributed by atoms with Gasteiger partial charge in [-0.3, -0.25) is 4.79 Å². The van der Waals surface area contributed by atoms with Crippen LogP contribution in [0, 0.1) is 6.92 Å². The zero-order valence-electron chi connectivity index (χ0n) is 16.2. The van der Waals surface area contributed by atoms with E-state index < -0.39 is 0 Å². The minimum atomic E-state index is -0.387. The van der Waals surface area contributed by atoms with E-state index in [1.165, 1.54) is 0 Å². The van der Waals surface area contributed by atoms with Gasteiger partial charge in [0.2, 0.25) is 0 Å². The second-order valence-electron chi connectivity index (χ2n) is 6.66. The number of carbonyl (C=O) groups is 1. The van der Waals surface area contributed by atoms with Crippen LogP contribution in [-0.4, -0.2) is 17.6 Å². The summed E-state index contributed by atoms with van der Waals surface area (Å²) < 4.78 is 7.73. The van der Waals surface area contributed by atoms with Crippen LogP contribution in [0.4, 0.5) is 0 Å². The molecule has 4 nitrogen and oxygen atoms in total. The Hall–Kier alpha value is -3.01. The number of aromatic nitrogens is 1. The van der Waals surface area contributed by atoms with Gasteiger partial charge >= 0.3 is 0 Å². The van der Waals surface area contributed by atoms with Gasteiger partial charge in [0, 0.05) is 22.5 Å². The zero-order valence-corrected chi connectivity index (χ0v) is 16.2. The first-order chi connectivity index (χ1) is 13.1. The van der Waals surface area contributed by atoms with E-state index in [1.54, 1.807) is 7.11 Å². The molecule has 0 spiro atoms. The average molecular weight is 362 g/mol. The molecule has 27 heavy (non-hydrogen) atoms. The van der Waals surface area contributed by atoms with Crippen molar-refractivity contribution in [2.24, 2.45) is 5.73 Å². The lowest BCUT2D eigenvalue weighted by Gasteiger charge is -2.15. The van der Waals surface area contributed by atoms with Crippen molar-refractivity contribution in [1.29, 1.82) is 0 Å². The zero-order chi connectivity index (χ0) is 19.4. The third-order valence-electron chi connectivity index (χ3n) is 4.95. The number of carbonyl (C=O) groups excluding carboxylic acids is 1. The van der Waals surface area contributed by atoms with E-state index in [9.17, 15) is 4.79 Å². The van der Waals surface area contributed by atoms with Gasteiger partial charge in [0.15, 0.2) is 0 Å². The first-order valence-corrected chi connectivity index (χ1v) is 9.27. The molecule has 0 bridgehead atoms. The van der Waals surface area contributed by atoms with Gasteiger partial charge in [-0.15, -0.1) is 0 Å². The Morgan fingerprint density at radius 1 is 1.07 bits per heavy atom. The van der Waals surface area contributed by atoms with Gasteiger partial charge in [-0.25, -0.2) is 0 Å². The van der Waals surface area contributed by atoms with E-state index in [4.69, 9.17) is 10.5 Å². The number of para-hydroxylation sites is 1. The SMILES string of the molecule is CCCc1c(-c2ccccc2)c(C(N)=O)c(C)n1Cc1ccccc1OC. The summed E-state index contributed by atoms with van der Waals surface area (Å²) in [5, 5.41) is 0. The summed E-state index contributed by atoms with van der Waals surface area (Å²) in [5.74, 6) is 0.456. The van der Waals surface area contributed by atoms with Gasteiger partial charge in [-0.2, -0.15) is 0 Å². The van der Waals surface area contributed by atoms with Gasteiger partial charge in [0.1, 0.15) is 5.75 Å². The number of primary amides is 1. The molecule has 0 aliphatic carbocycles. The minimum Gasteiger partial charge on any atom is -0.496 e. The van der Waals surface area contributed by atoms with Crippen LogP contribution < -0.4 is 10.5 Å². The highest BCUT2D eigenvalue weighted by atomic mass is 16.5. The third-order valence-corrected chi connectivity index (χ3v) is 4.95. The number of nitrogens with two attached hydrogens (primary N) is 1. The van der Waals surface area contributed by atoms with Gasteiger partial charge in [0.25, 0.3) is 5.91 Å². The van der Waals surface area contributed by atoms with Crippen molar-refractivity contribution >= 4 is 5.91 Å². The fourth-order valence-electron chi connectivity index (χ4n) is 3.73. The Kier molecular flexibility index (Phi) is 5.65. The van der Waals surface area contributed by atoms with Crippen LogP contribution in [0.15, 0.2) is 54.6 Å². The highest BCUT2D eigenvalue weighted by molar-refractivity contribution is 6.02. The van der Waals surface area contributed by atoms with Crippen LogP contribution >= 0.6 is 0 Å². The first-order valence-electron chi connectivity index (χ1n) is 9.27. The lowest BCUT2D eigenvalue weighted by atomic mass is 9.98. The van der Waals surface area contributed by atoms with E-state index in [1.807, 2.05) is 55.5 Å². The van der Waals surface area contributed by atoms with Crippen molar-refractivity contribution in [3.8, 4) is 16.9 Å². The fourth-order valence-corrected chi connectivity index (χ4v) is 3.73. The molecule has 140 valence electrons. The number of amides is 1. The van der Waals surface area contributed by atoms with E-state index in [-0.39, 0.29) is 5.91 Å². The lowest BCUT2D eigenvalue weighted by molar-refractivity contribution is 0.1000. The smallest absolute Gasteiger partial charge is 0.251 e. The second kappa shape index (κ2) is 8.12. The van der Waals surface area contributed by atoms with Crippen molar-refractivity contribution in [2.45, 2.75) is 33.2 Å². The van der Waals surface area contributed by atoms with Gasteiger partial charge in [-0.05, 0) is 25.0 Å². The summed E-state index contributed by atoms with van der Waals surface area (Å²) in [7, 11) is 1.68. The molecule has 0 aliphatic rings.